The molecule has 82 valence electrons. The minimum absolute atomic E-state index is 0.378. The van der Waals surface area contributed by atoms with Crippen molar-refractivity contribution in [1.82, 2.24) is 10.3 Å². The lowest BCUT2D eigenvalue weighted by molar-refractivity contribution is 0.0808. The molecule has 15 heavy (non-hydrogen) atoms. The van der Waals surface area contributed by atoms with Gasteiger partial charge in [0.1, 0.15) is 0 Å². The second-order valence-electron chi connectivity index (χ2n) is 4.01. The fourth-order valence-corrected chi connectivity index (χ4v) is 2.11. The molecule has 2 heterocycles. The number of aromatic nitrogens is 1. The predicted octanol–water partition coefficient (Wildman–Crippen LogP) is 1.39. The zero-order valence-electron chi connectivity index (χ0n) is 9.15. The van der Waals surface area contributed by atoms with Crippen LogP contribution in [0.1, 0.15) is 18.4 Å². The molecule has 0 aliphatic carbocycles. The summed E-state index contributed by atoms with van der Waals surface area (Å²) in [6.45, 7) is 0.916. The van der Waals surface area contributed by atoms with Crippen molar-refractivity contribution in [2.45, 2.75) is 31.4 Å². The summed E-state index contributed by atoms with van der Waals surface area (Å²) in [5.74, 6) is 0. The van der Waals surface area contributed by atoms with Crippen LogP contribution in [0, 0.1) is 0 Å². The van der Waals surface area contributed by atoms with Crippen molar-refractivity contribution >= 4 is 0 Å². The molecule has 1 aliphatic rings. The summed E-state index contributed by atoms with van der Waals surface area (Å²) < 4.78 is 5.70. The van der Waals surface area contributed by atoms with Gasteiger partial charge < -0.3 is 10.1 Å². The Labute approximate surface area is 90.9 Å². The summed E-state index contributed by atoms with van der Waals surface area (Å²) in [6.07, 6.45) is 7.46. The smallest absolute Gasteiger partial charge is 0.0732 e. The number of ether oxygens (including phenoxy) is 1. The van der Waals surface area contributed by atoms with Gasteiger partial charge in [-0.25, -0.2) is 0 Å². The first-order valence-electron chi connectivity index (χ1n) is 5.58. The minimum atomic E-state index is 0.378. The van der Waals surface area contributed by atoms with Gasteiger partial charge in [-0.1, -0.05) is 0 Å². The van der Waals surface area contributed by atoms with Gasteiger partial charge in [-0.15, -0.1) is 0 Å². The van der Waals surface area contributed by atoms with Crippen LogP contribution >= 0.6 is 0 Å². The van der Waals surface area contributed by atoms with E-state index in [0.29, 0.717) is 12.1 Å². The van der Waals surface area contributed by atoms with E-state index in [1.165, 1.54) is 18.4 Å². The average molecular weight is 206 g/mol. The quantitative estimate of drug-likeness (QED) is 0.808. The van der Waals surface area contributed by atoms with E-state index in [9.17, 15) is 0 Å². The standard InChI is InChI=1S/C12H18N2O/c1-13-11(12-3-2-8-15-12)9-10-4-6-14-7-5-10/h4-7,11-13H,2-3,8-9H2,1H3. The summed E-state index contributed by atoms with van der Waals surface area (Å²) in [4.78, 5) is 4.02. The van der Waals surface area contributed by atoms with Gasteiger partial charge in [0.2, 0.25) is 0 Å². The molecule has 1 aliphatic heterocycles. The Morgan fingerprint density at radius 1 is 1.53 bits per heavy atom. The maximum atomic E-state index is 5.70. The average Bonchev–Trinajstić information content (AvgIpc) is 2.81. The normalized spacial score (nSPS) is 22.9. The Hall–Kier alpha value is -0.930. The van der Waals surface area contributed by atoms with Gasteiger partial charge in [0.15, 0.2) is 0 Å². The van der Waals surface area contributed by atoms with Crippen LogP contribution in [0.4, 0.5) is 0 Å². The van der Waals surface area contributed by atoms with Crippen molar-refractivity contribution in [1.29, 1.82) is 0 Å². The van der Waals surface area contributed by atoms with Crippen LogP contribution < -0.4 is 5.32 Å². The predicted molar refractivity (Wildman–Crippen MR) is 59.8 cm³/mol. The van der Waals surface area contributed by atoms with Crippen molar-refractivity contribution in [2.75, 3.05) is 13.7 Å². The van der Waals surface area contributed by atoms with E-state index in [2.05, 4.69) is 22.4 Å². The first-order valence-corrected chi connectivity index (χ1v) is 5.58. The molecule has 1 aromatic heterocycles. The molecule has 0 amide bonds. The van der Waals surface area contributed by atoms with E-state index >= 15 is 0 Å². The highest BCUT2D eigenvalue weighted by Gasteiger charge is 2.24. The van der Waals surface area contributed by atoms with Crippen LogP contribution in [-0.4, -0.2) is 30.8 Å². The van der Waals surface area contributed by atoms with Gasteiger partial charge in [-0.05, 0) is 44.0 Å². The van der Waals surface area contributed by atoms with Crippen molar-refractivity contribution in [2.24, 2.45) is 0 Å². The van der Waals surface area contributed by atoms with Crippen molar-refractivity contribution < 1.29 is 4.74 Å². The molecule has 0 spiro atoms. The Morgan fingerprint density at radius 2 is 2.33 bits per heavy atom. The van der Waals surface area contributed by atoms with Crippen LogP contribution in [-0.2, 0) is 11.2 Å². The molecule has 0 aromatic carbocycles. The van der Waals surface area contributed by atoms with Crippen LogP contribution in [0.5, 0.6) is 0 Å². The van der Waals surface area contributed by atoms with Crippen molar-refractivity contribution in [3.05, 3.63) is 30.1 Å². The van der Waals surface area contributed by atoms with Gasteiger partial charge >= 0.3 is 0 Å². The maximum Gasteiger partial charge on any atom is 0.0732 e. The number of likely N-dealkylation sites (N-methyl/N-ethyl adjacent to an activating group) is 1. The van der Waals surface area contributed by atoms with E-state index < -0.39 is 0 Å². The monoisotopic (exact) mass is 206 g/mol. The van der Waals surface area contributed by atoms with Crippen molar-refractivity contribution in [3.63, 3.8) is 0 Å². The molecule has 2 atom stereocenters. The van der Waals surface area contributed by atoms with E-state index in [1.54, 1.807) is 0 Å². The molecule has 1 N–H and O–H groups in total. The Morgan fingerprint density at radius 3 is 2.93 bits per heavy atom. The molecular formula is C12H18N2O. The number of rotatable bonds is 4. The SMILES string of the molecule is CNC(Cc1ccncc1)C1CCCO1. The highest BCUT2D eigenvalue weighted by molar-refractivity contribution is 5.12. The van der Waals surface area contributed by atoms with E-state index in [-0.39, 0.29) is 0 Å². The van der Waals surface area contributed by atoms with Crippen LogP contribution in [0.25, 0.3) is 0 Å². The number of hydrogen-bond donors (Lipinski definition) is 1. The lowest BCUT2D eigenvalue weighted by Gasteiger charge is -2.22. The van der Waals surface area contributed by atoms with Gasteiger partial charge in [0.05, 0.1) is 6.10 Å². The molecular weight excluding hydrogens is 188 g/mol. The first-order chi connectivity index (χ1) is 7.40. The zero-order valence-corrected chi connectivity index (χ0v) is 9.15. The van der Waals surface area contributed by atoms with E-state index in [1.807, 2.05) is 19.4 Å². The molecule has 0 radical (unpaired) electrons. The van der Waals surface area contributed by atoms with Gasteiger partial charge in [-0.2, -0.15) is 0 Å². The van der Waals surface area contributed by atoms with Crippen LogP contribution in [0.3, 0.4) is 0 Å². The number of pyridine rings is 1. The molecule has 2 rings (SSSR count). The number of hydrogen-bond acceptors (Lipinski definition) is 3. The number of nitrogens with zero attached hydrogens (tertiary/aromatic N) is 1. The summed E-state index contributed by atoms with van der Waals surface area (Å²) >= 11 is 0. The third-order valence-corrected chi connectivity index (χ3v) is 2.99. The first kappa shape index (κ1) is 10.6. The number of nitrogens with one attached hydrogen (secondary N) is 1. The lowest BCUT2D eigenvalue weighted by atomic mass is 10.0. The maximum absolute atomic E-state index is 5.70. The molecule has 1 saturated heterocycles. The molecule has 1 aromatic rings. The largest absolute Gasteiger partial charge is 0.377 e. The lowest BCUT2D eigenvalue weighted by Crippen LogP contribution is -2.39. The molecule has 1 fully saturated rings. The molecule has 0 bridgehead atoms. The summed E-state index contributed by atoms with van der Waals surface area (Å²) in [7, 11) is 2.01. The van der Waals surface area contributed by atoms with Gasteiger partial charge in [0, 0.05) is 25.0 Å². The Kier molecular flexibility index (Phi) is 3.69. The van der Waals surface area contributed by atoms with E-state index in [0.717, 1.165) is 13.0 Å². The third-order valence-electron chi connectivity index (χ3n) is 2.99. The van der Waals surface area contributed by atoms with E-state index in [4.69, 9.17) is 4.74 Å². The van der Waals surface area contributed by atoms with Gasteiger partial charge in [-0.3, -0.25) is 4.98 Å². The highest BCUT2D eigenvalue weighted by Crippen LogP contribution is 2.18. The van der Waals surface area contributed by atoms with Crippen molar-refractivity contribution in [3.8, 4) is 0 Å². The summed E-state index contributed by atoms with van der Waals surface area (Å²) in [6, 6.07) is 4.56. The fraction of sp³-hybridized carbons (Fsp3) is 0.583. The Balaban J connectivity index is 1.96. The Bertz CT molecular complexity index is 283. The molecule has 3 heteroatoms. The minimum Gasteiger partial charge on any atom is -0.377 e. The summed E-state index contributed by atoms with van der Waals surface area (Å²) in [5, 5.41) is 3.35. The summed E-state index contributed by atoms with van der Waals surface area (Å²) in [5.41, 5.74) is 1.32. The topological polar surface area (TPSA) is 34.2 Å². The second-order valence-corrected chi connectivity index (χ2v) is 4.01. The molecule has 0 saturated carbocycles. The van der Waals surface area contributed by atoms with Crippen LogP contribution in [0.15, 0.2) is 24.5 Å². The van der Waals surface area contributed by atoms with Crippen LogP contribution in [0.2, 0.25) is 0 Å². The highest BCUT2D eigenvalue weighted by atomic mass is 16.5. The second kappa shape index (κ2) is 5.24. The third kappa shape index (κ3) is 2.76. The van der Waals surface area contributed by atoms with Gasteiger partial charge in [0.25, 0.3) is 0 Å². The zero-order chi connectivity index (χ0) is 10.5. The molecule has 3 nitrogen and oxygen atoms in total. The molecule has 2 unspecified atom stereocenters. The fourth-order valence-electron chi connectivity index (χ4n) is 2.11.